The van der Waals surface area contributed by atoms with E-state index in [0.29, 0.717) is 17.2 Å². The van der Waals surface area contributed by atoms with Crippen molar-refractivity contribution in [3.63, 3.8) is 0 Å². The van der Waals surface area contributed by atoms with Crippen LogP contribution in [-0.4, -0.2) is 38.1 Å². The topological polar surface area (TPSA) is 88.9 Å². The molecule has 8 heteroatoms. The first-order valence-electron chi connectivity index (χ1n) is 8.21. The lowest BCUT2D eigenvalue weighted by Gasteiger charge is -2.16. The Morgan fingerprint density at radius 3 is 2.38 bits per heavy atom. The molecule has 0 saturated carbocycles. The highest BCUT2D eigenvalue weighted by Crippen LogP contribution is 2.18. The summed E-state index contributed by atoms with van der Waals surface area (Å²) in [7, 11) is -2.28. The van der Waals surface area contributed by atoms with Gasteiger partial charge in [-0.15, -0.1) is 0 Å². The molecule has 0 aliphatic carbocycles. The minimum absolute atomic E-state index is 0.0312. The van der Waals surface area contributed by atoms with E-state index in [1.54, 1.807) is 43.3 Å². The van der Waals surface area contributed by atoms with Crippen molar-refractivity contribution in [1.29, 1.82) is 0 Å². The first-order valence-corrected chi connectivity index (χ1v) is 9.86. The summed E-state index contributed by atoms with van der Waals surface area (Å²) in [6.07, 6.45) is 0.0312. The monoisotopic (exact) mass is 380 g/mol. The first kappa shape index (κ1) is 19.8. The molecule has 0 bridgehead atoms. The number of hydrogen-bond donors (Lipinski definition) is 1. The van der Waals surface area contributed by atoms with Crippen molar-refractivity contribution in [2.24, 2.45) is 0 Å². The zero-order valence-electron chi connectivity index (χ0n) is 15.4. The average Bonchev–Trinajstić information content (AvgIpc) is 2.93. The number of ether oxygens (including phenoxy) is 1. The Kier molecular flexibility index (Phi) is 6.31. The van der Waals surface area contributed by atoms with Gasteiger partial charge in [0.25, 0.3) is 0 Å². The fraction of sp³-hybridized carbons (Fsp3) is 0.389. The summed E-state index contributed by atoms with van der Waals surface area (Å²) in [5.41, 5.74) is 0.373. The number of hydrogen-bond acceptors (Lipinski definition) is 5. The predicted octanol–water partition coefficient (Wildman–Crippen LogP) is 2.78. The molecule has 1 aromatic heterocycles. The summed E-state index contributed by atoms with van der Waals surface area (Å²) in [5.74, 6) is 0.816. The Labute approximate surface area is 154 Å². The number of furan rings is 1. The van der Waals surface area contributed by atoms with Crippen molar-refractivity contribution < 1.29 is 22.4 Å². The lowest BCUT2D eigenvalue weighted by atomic mass is 10.3. The molecule has 2 rings (SSSR count). The standard InChI is InChI=1S/C18H24N2O5S/c1-13(2)24-16-9-6-15(7-10-16)19-26(22,23)12-18(21)20(4)11-17-8-5-14(3)25-17/h5-10,13,19H,11-12H2,1-4H3. The van der Waals surface area contributed by atoms with Crippen LogP contribution in [0.5, 0.6) is 5.75 Å². The summed E-state index contributed by atoms with van der Waals surface area (Å²) in [6, 6.07) is 10.1. The maximum absolute atomic E-state index is 12.2. The highest BCUT2D eigenvalue weighted by Gasteiger charge is 2.20. The predicted molar refractivity (Wildman–Crippen MR) is 99.5 cm³/mol. The molecule has 7 nitrogen and oxygen atoms in total. The molecule has 0 radical (unpaired) electrons. The van der Waals surface area contributed by atoms with Gasteiger partial charge in [-0.3, -0.25) is 9.52 Å². The molecule has 0 aliphatic rings. The van der Waals surface area contributed by atoms with Gasteiger partial charge in [0.05, 0.1) is 12.6 Å². The van der Waals surface area contributed by atoms with Gasteiger partial charge in [0.15, 0.2) is 0 Å². The van der Waals surface area contributed by atoms with Crippen molar-refractivity contribution in [2.75, 3.05) is 17.5 Å². The second-order valence-electron chi connectivity index (χ2n) is 6.31. The number of benzene rings is 1. The van der Waals surface area contributed by atoms with Crippen molar-refractivity contribution in [3.8, 4) is 5.75 Å². The van der Waals surface area contributed by atoms with E-state index in [1.807, 2.05) is 13.8 Å². The highest BCUT2D eigenvalue weighted by molar-refractivity contribution is 7.93. The highest BCUT2D eigenvalue weighted by atomic mass is 32.2. The lowest BCUT2D eigenvalue weighted by molar-refractivity contribution is -0.127. The molecule has 1 N–H and O–H groups in total. The summed E-state index contributed by atoms with van der Waals surface area (Å²) in [4.78, 5) is 13.5. The van der Waals surface area contributed by atoms with Gasteiger partial charge in [0.1, 0.15) is 23.0 Å². The Morgan fingerprint density at radius 2 is 1.85 bits per heavy atom. The van der Waals surface area contributed by atoms with E-state index in [1.165, 1.54) is 11.9 Å². The number of anilines is 1. The average molecular weight is 380 g/mol. The van der Waals surface area contributed by atoms with Crippen molar-refractivity contribution in [1.82, 2.24) is 4.90 Å². The van der Waals surface area contributed by atoms with Crippen LogP contribution in [0.1, 0.15) is 25.4 Å². The van der Waals surface area contributed by atoms with E-state index in [4.69, 9.17) is 9.15 Å². The van der Waals surface area contributed by atoms with Crippen LogP contribution in [0.2, 0.25) is 0 Å². The van der Waals surface area contributed by atoms with Crippen molar-refractivity contribution in [3.05, 3.63) is 47.9 Å². The third-order valence-electron chi connectivity index (χ3n) is 3.43. The third-order valence-corrected chi connectivity index (χ3v) is 4.60. The van der Waals surface area contributed by atoms with Crippen LogP contribution in [-0.2, 0) is 21.4 Å². The molecule has 0 spiro atoms. The minimum atomic E-state index is -3.81. The van der Waals surface area contributed by atoms with Crippen LogP contribution in [0.15, 0.2) is 40.8 Å². The summed E-state index contributed by atoms with van der Waals surface area (Å²) in [5, 5.41) is 0. The van der Waals surface area contributed by atoms with E-state index in [0.717, 1.165) is 5.76 Å². The van der Waals surface area contributed by atoms with E-state index in [9.17, 15) is 13.2 Å². The van der Waals surface area contributed by atoms with Gasteiger partial charge in [-0.2, -0.15) is 0 Å². The molecular weight excluding hydrogens is 356 g/mol. The zero-order chi connectivity index (χ0) is 19.3. The molecule has 0 aliphatic heterocycles. The van der Waals surface area contributed by atoms with Gasteiger partial charge in [-0.25, -0.2) is 8.42 Å². The number of carbonyl (C=O) groups is 1. The number of rotatable bonds is 8. The molecule has 2 aromatic rings. The van der Waals surface area contributed by atoms with Crippen molar-refractivity contribution >= 4 is 21.6 Å². The Hall–Kier alpha value is -2.48. The smallest absolute Gasteiger partial charge is 0.241 e. The van der Waals surface area contributed by atoms with Gasteiger partial charge in [-0.1, -0.05) is 0 Å². The third kappa shape index (κ3) is 6.11. The largest absolute Gasteiger partial charge is 0.491 e. The summed E-state index contributed by atoms with van der Waals surface area (Å²) < 4.78 is 37.7. The number of nitrogens with one attached hydrogen (secondary N) is 1. The van der Waals surface area contributed by atoms with Crippen LogP contribution < -0.4 is 9.46 Å². The van der Waals surface area contributed by atoms with Gasteiger partial charge >= 0.3 is 0 Å². The Balaban J connectivity index is 1.93. The SMILES string of the molecule is Cc1ccc(CN(C)C(=O)CS(=O)(=O)Nc2ccc(OC(C)C)cc2)o1. The van der Waals surface area contributed by atoms with Gasteiger partial charge in [0, 0.05) is 12.7 Å². The fourth-order valence-electron chi connectivity index (χ4n) is 2.25. The second-order valence-corrected chi connectivity index (χ2v) is 8.04. The molecule has 1 heterocycles. The van der Waals surface area contributed by atoms with Crippen LogP contribution in [0.4, 0.5) is 5.69 Å². The maximum Gasteiger partial charge on any atom is 0.241 e. The zero-order valence-corrected chi connectivity index (χ0v) is 16.2. The fourth-order valence-corrected chi connectivity index (χ4v) is 3.37. The number of carbonyl (C=O) groups excluding carboxylic acids is 1. The molecule has 0 saturated heterocycles. The molecule has 0 unspecified atom stereocenters. The van der Waals surface area contributed by atoms with Crippen LogP contribution in [0, 0.1) is 6.92 Å². The first-order chi connectivity index (χ1) is 12.1. The maximum atomic E-state index is 12.2. The molecule has 1 aromatic carbocycles. The van der Waals surface area contributed by atoms with E-state index in [-0.39, 0.29) is 12.6 Å². The van der Waals surface area contributed by atoms with Crippen LogP contribution in [0.3, 0.4) is 0 Å². The summed E-state index contributed by atoms with van der Waals surface area (Å²) in [6.45, 7) is 5.83. The van der Waals surface area contributed by atoms with E-state index in [2.05, 4.69) is 4.72 Å². The number of amides is 1. The summed E-state index contributed by atoms with van der Waals surface area (Å²) >= 11 is 0. The molecule has 1 amide bonds. The quantitative estimate of drug-likeness (QED) is 0.761. The van der Waals surface area contributed by atoms with Gasteiger partial charge in [0.2, 0.25) is 15.9 Å². The Bertz CT molecular complexity index is 841. The minimum Gasteiger partial charge on any atom is -0.491 e. The molecule has 0 atom stereocenters. The van der Waals surface area contributed by atoms with Gasteiger partial charge < -0.3 is 14.1 Å². The van der Waals surface area contributed by atoms with E-state index >= 15 is 0 Å². The van der Waals surface area contributed by atoms with Crippen molar-refractivity contribution in [2.45, 2.75) is 33.4 Å². The lowest BCUT2D eigenvalue weighted by Crippen LogP contribution is -2.34. The normalized spacial score (nSPS) is 11.4. The van der Waals surface area contributed by atoms with Gasteiger partial charge in [-0.05, 0) is 57.2 Å². The molecular formula is C18H24N2O5S. The van der Waals surface area contributed by atoms with Crippen LogP contribution in [0.25, 0.3) is 0 Å². The second kappa shape index (κ2) is 8.27. The number of aryl methyl sites for hydroxylation is 1. The number of sulfonamides is 1. The Morgan fingerprint density at radius 1 is 1.19 bits per heavy atom. The molecule has 26 heavy (non-hydrogen) atoms. The van der Waals surface area contributed by atoms with E-state index < -0.39 is 21.7 Å². The molecule has 142 valence electrons. The number of nitrogens with zero attached hydrogens (tertiary/aromatic N) is 1. The molecule has 0 fully saturated rings. The van der Waals surface area contributed by atoms with Crippen LogP contribution >= 0.6 is 0 Å².